The lowest BCUT2D eigenvalue weighted by molar-refractivity contribution is -0.113. The molecular formula is C18H18N4O2. The van der Waals surface area contributed by atoms with Crippen LogP contribution < -0.4 is 5.73 Å². The maximum absolute atomic E-state index is 10.9. The molecule has 3 aromatic rings. The number of amides is 1. The highest BCUT2D eigenvalue weighted by molar-refractivity contribution is 5.95. The molecule has 0 unspecified atom stereocenters. The standard InChI is InChI=1S/C18H18N4O2/c1-18(2,24)15-8-11(5-6-20-15)13-7-14-12(3-4-16(19)23)9-21-17(14)22-10-13/h3-10,24H,1-2H3,(H2,19,23)(H,21,22)/b4-3+. The van der Waals surface area contributed by atoms with Gasteiger partial charge in [0.1, 0.15) is 11.2 Å². The Morgan fingerprint density at radius 3 is 2.79 bits per heavy atom. The first-order valence-corrected chi connectivity index (χ1v) is 7.48. The Morgan fingerprint density at radius 1 is 1.29 bits per heavy atom. The molecule has 24 heavy (non-hydrogen) atoms. The SMILES string of the molecule is CC(C)(O)c1cc(-c2cnc3[nH]cc(/C=C/C(N)=O)c3c2)ccn1. The van der Waals surface area contributed by atoms with Crippen molar-refractivity contribution in [3.8, 4) is 11.1 Å². The van der Waals surface area contributed by atoms with Gasteiger partial charge in [-0.25, -0.2) is 4.98 Å². The van der Waals surface area contributed by atoms with Gasteiger partial charge < -0.3 is 15.8 Å². The van der Waals surface area contributed by atoms with E-state index in [2.05, 4.69) is 15.0 Å². The lowest BCUT2D eigenvalue weighted by Gasteiger charge is -2.17. The van der Waals surface area contributed by atoms with Gasteiger partial charge in [0.25, 0.3) is 0 Å². The molecule has 0 fully saturated rings. The number of aromatic amines is 1. The molecule has 3 heterocycles. The zero-order chi connectivity index (χ0) is 17.3. The number of aromatic nitrogens is 3. The number of carbonyl (C=O) groups is 1. The maximum Gasteiger partial charge on any atom is 0.241 e. The first-order valence-electron chi connectivity index (χ1n) is 7.48. The number of carbonyl (C=O) groups excluding carboxylic acids is 1. The molecule has 0 spiro atoms. The first kappa shape index (κ1) is 15.9. The molecule has 0 saturated carbocycles. The average molecular weight is 322 g/mol. The number of pyridine rings is 2. The predicted octanol–water partition coefficient (Wildman–Crippen LogP) is 2.35. The normalized spacial score (nSPS) is 12.1. The Morgan fingerprint density at radius 2 is 2.08 bits per heavy atom. The highest BCUT2D eigenvalue weighted by Gasteiger charge is 2.18. The Hall–Kier alpha value is -2.99. The Bertz CT molecular complexity index is 936. The molecule has 3 aromatic heterocycles. The van der Waals surface area contributed by atoms with Crippen LogP contribution in [-0.2, 0) is 10.4 Å². The Kier molecular flexibility index (Phi) is 3.91. The monoisotopic (exact) mass is 322 g/mol. The fraction of sp³-hybridized carbons (Fsp3) is 0.167. The van der Waals surface area contributed by atoms with Gasteiger partial charge in [-0.05, 0) is 43.7 Å². The maximum atomic E-state index is 10.9. The number of aliphatic hydroxyl groups is 1. The van der Waals surface area contributed by atoms with Crippen LogP contribution in [0.15, 0.2) is 42.9 Å². The van der Waals surface area contributed by atoms with Gasteiger partial charge in [0, 0.05) is 41.2 Å². The molecule has 4 N–H and O–H groups in total. The second kappa shape index (κ2) is 5.90. The van der Waals surface area contributed by atoms with Gasteiger partial charge in [0.2, 0.25) is 5.91 Å². The summed E-state index contributed by atoms with van der Waals surface area (Å²) >= 11 is 0. The number of hydrogen-bond donors (Lipinski definition) is 3. The van der Waals surface area contributed by atoms with Crippen LogP contribution in [0.2, 0.25) is 0 Å². The van der Waals surface area contributed by atoms with E-state index in [9.17, 15) is 9.90 Å². The van der Waals surface area contributed by atoms with Crippen molar-refractivity contribution in [2.75, 3.05) is 0 Å². The van der Waals surface area contributed by atoms with Crippen molar-refractivity contribution in [1.29, 1.82) is 0 Å². The number of hydrogen-bond acceptors (Lipinski definition) is 4. The fourth-order valence-electron chi connectivity index (χ4n) is 2.44. The summed E-state index contributed by atoms with van der Waals surface area (Å²) in [5.41, 5.74) is 8.07. The van der Waals surface area contributed by atoms with Crippen LogP contribution in [0.3, 0.4) is 0 Å². The third-order valence-corrected chi connectivity index (χ3v) is 3.71. The smallest absolute Gasteiger partial charge is 0.241 e. The molecule has 6 nitrogen and oxygen atoms in total. The van der Waals surface area contributed by atoms with Gasteiger partial charge >= 0.3 is 0 Å². The molecule has 1 amide bonds. The average Bonchev–Trinajstić information content (AvgIpc) is 2.94. The molecule has 0 aliphatic carbocycles. The summed E-state index contributed by atoms with van der Waals surface area (Å²) in [4.78, 5) is 22.6. The minimum atomic E-state index is -1.02. The second-order valence-corrected chi connectivity index (χ2v) is 6.09. The molecule has 0 radical (unpaired) electrons. The number of nitrogens with one attached hydrogen (secondary N) is 1. The highest BCUT2D eigenvalue weighted by atomic mass is 16.3. The molecule has 0 aliphatic heterocycles. The van der Waals surface area contributed by atoms with Crippen LogP contribution in [0.5, 0.6) is 0 Å². The fourth-order valence-corrected chi connectivity index (χ4v) is 2.44. The number of nitrogens with zero attached hydrogens (tertiary/aromatic N) is 2. The van der Waals surface area contributed by atoms with Crippen molar-refractivity contribution in [1.82, 2.24) is 15.0 Å². The van der Waals surface area contributed by atoms with E-state index in [1.54, 1.807) is 38.5 Å². The highest BCUT2D eigenvalue weighted by Crippen LogP contribution is 2.27. The lowest BCUT2D eigenvalue weighted by atomic mass is 10.00. The third-order valence-electron chi connectivity index (χ3n) is 3.71. The van der Waals surface area contributed by atoms with Gasteiger partial charge in [0.15, 0.2) is 0 Å². The van der Waals surface area contributed by atoms with Crippen molar-refractivity contribution in [2.24, 2.45) is 5.73 Å². The predicted molar refractivity (Wildman–Crippen MR) is 92.8 cm³/mol. The van der Waals surface area contributed by atoms with Crippen molar-refractivity contribution in [3.63, 3.8) is 0 Å². The van der Waals surface area contributed by atoms with E-state index in [4.69, 9.17) is 5.73 Å². The van der Waals surface area contributed by atoms with E-state index >= 15 is 0 Å². The summed E-state index contributed by atoms with van der Waals surface area (Å²) in [5, 5.41) is 11.0. The number of H-pyrrole nitrogens is 1. The van der Waals surface area contributed by atoms with Crippen LogP contribution in [0.4, 0.5) is 0 Å². The number of nitrogens with two attached hydrogens (primary N) is 1. The summed E-state index contributed by atoms with van der Waals surface area (Å²) < 4.78 is 0. The quantitative estimate of drug-likeness (QED) is 0.641. The molecule has 0 saturated heterocycles. The molecule has 0 atom stereocenters. The zero-order valence-electron chi connectivity index (χ0n) is 13.4. The topological polar surface area (TPSA) is 105 Å². The molecule has 122 valence electrons. The molecule has 0 aliphatic rings. The van der Waals surface area contributed by atoms with Crippen LogP contribution in [0.25, 0.3) is 28.2 Å². The molecule has 0 aromatic carbocycles. The van der Waals surface area contributed by atoms with Crippen LogP contribution in [-0.4, -0.2) is 26.0 Å². The zero-order valence-corrected chi connectivity index (χ0v) is 13.4. The van der Waals surface area contributed by atoms with E-state index in [-0.39, 0.29) is 0 Å². The largest absolute Gasteiger partial charge is 0.384 e. The molecule has 6 heteroatoms. The van der Waals surface area contributed by atoms with Gasteiger partial charge in [-0.2, -0.15) is 0 Å². The number of fused-ring (bicyclic) bond motifs is 1. The Balaban J connectivity index is 2.08. The number of primary amides is 1. The van der Waals surface area contributed by atoms with Crippen LogP contribution >= 0.6 is 0 Å². The minimum Gasteiger partial charge on any atom is -0.384 e. The molecular weight excluding hydrogens is 304 g/mol. The van der Waals surface area contributed by atoms with Crippen molar-refractivity contribution in [3.05, 3.63) is 54.1 Å². The van der Waals surface area contributed by atoms with Crippen LogP contribution in [0, 0.1) is 0 Å². The summed E-state index contributed by atoms with van der Waals surface area (Å²) in [7, 11) is 0. The summed E-state index contributed by atoms with van der Waals surface area (Å²) in [6.07, 6.45) is 8.16. The van der Waals surface area contributed by atoms with E-state index < -0.39 is 11.5 Å². The number of rotatable bonds is 4. The van der Waals surface area contributed by atoms with Gasteiger partial charge in [-0.15, -0.1) is 0 Å². The lowest BCUT2D eigenvalue weighted by Crippen LogP contribution is -2.17. The van der Waals surface area contributed by atoms with Crippen molar-refractivity contribution >= 4 is 23.0 Å². The van der Waals surface area contributed by atoms with Gasteiger partial charge in [0.05, 0.1) is 5.69 Å². The first-order chi connectivity index (χ1) is 11.3. The van der Waals surface area contributed by atoms with Crippen molar-refractivity contribution < 1.29 is 9.90 Å². The van der Waals surface area contributed by atoms with E-state index in [0.29, 0.717) is 5.69 Å². The minimum absolute atomic E-state index is 0.502. The molecule has 0 bridgehead atoms. The van der Waals surface area contributed by atoms with Gasteiger partial charge in [-0.1, -0.05) is 0 Å². The third kappa shape index (κ3) is 3.18. The Labute approximate surface area is 139 Å². The summed E-state index contributed by atoms with van der Waals surface area (Å²) in [6.45, 7) is 3.39. The second-order valence-electron chi connectivity index (χ2n) is 6.09. The summed E-state index contributed by atoms with van der Waals surface area (Å²) in [5.74, 6) is -0.502. The van der Waals surface area contributed by atoms with E-state index in [1.165, 1.54) is 6.08 Å². The van der Waals surface area contributed by atoms with Crippen molar-refractivity contribution in [2.45, 2.75) is 19.4 Å². The molecule has 3 rings (SSSR count). The van der Waals surface area contributed by atoms with E-state index in [0.717, 1.165) is 27.7 Å². The van der Waals surface area contributed by atoms with Crippen LogP contribution in [0.1, 0.15) is 25.1 Å². The van der Waals surface area contributed by atoms with Gasteiger partial charge in [-0.3, -0.25) is 9.78 Å². The van der Waals surface area contributed by atoms with E-state index in [1.807, 2.05) is 18.2 Å². The summed E-state index contributed by atoms with van der Waals surface area (Å²) in [6, 6.07) is 5.68.